The van der Waals surface area contributed by atoms with Crippen LogP contribution in [0.2, 0.25) is 5.02 Å². The molecular formula is C20H21ClN4O2S. The van der Waals surface area contributed by atoms with Crippen molar-refractivity contribution in [2.45, 2.75) is 32.0 Å². The third-order valence-electron chi connectivity index (χ3n) is 4.08. The van der Waals surface area contributed by atoms with Crippen LogP contribution in [0, 0.1) is 5.92 Å². The fourth-order valence-electron chi connectivity index (χ4n) is 2.60. The maximum atomic E-state index is 12.9. The molecule has 2 heterocycles. The van der Waals surface area contributed by atoms with Gasteiger partial charge in [-0.25, -0.2) is 9.97 Å². The number of thioether (sulfide) groups is 1. The second-order valence-electron chi connectivity index (χ2n) is 6.75. The molecule has 0 aliphatic heterocycles. The summed E-state index contributed by atoms with van der Waals surface area (Å²) in [5, 5.41) is 4.35. The molecule has 0 radical (unpaired) electrons. The molecule has 0 aliphatic rings. The van der Waals surface area contributed by atoms with Crippen LogP contribution in [-0.2, 0) is 11.3 Å². The van der Waals surface area contributed by atoms with Gasteiger partial charge in [0.05, 0.1) is 21.7 Å². The summed E-state index contributed by atoms with van der Waals surface area (Å²) in [6.07, 6.45) is 2.33. The van der Waals surface area contributed by atoms with E-state index >= 15 is 0 Å². The van der Waals surface area contributed by atoms with E-state index in [0.29, 0.717) is 39.4 Å². The third-order valence-corrected chi connectivity index (χ3v) is 5.28. The second kappa shape index (κ2) is 9.21. The number of aromatic nitrogens is 3. The summed E-state index contributed by atoms with van der Waals surface area (Å²) >= 11 is 7.05. The number of rotatable bonds is 7. The number of amides is 1. The number of carbonyl (C=O) groups is 1. The van der Waals surface area contributed by atoms with E-state index in [9.17, 15) is 9.59 Å². The smallest absolute Gasteiger partial charge is 0.262 e. The Balaban J connectivity index is 1.80. The molecule has 0 atom stereocenters. The average molecular weight is 417 g/mol. The molecule has 0 aliphatic carbocycles. The van der Waals surface area contributed by atoms with E-state index < -0.39 is 0 Å². The van der Waals surface area contributed by atoms with Gasteiger partial charge in [-0.15, -0.1) is 0 Å². The maximum absolute atomic E-state index is 12.9. The summed E-state index contributed by atoms with van der Waals surface area (Å²) in [5.41, 5.74) is 0.559. The number of fused-ring (bicyclic) bond motifs is 1. The molecule has 0 saturated heterocycles. The lowest BCUT2D eigenvalue weighted by Gasteiger charge is -2.14. The zero-order chi connectivity index (χ0) is 20.1. The monoisotopic (exact) mass is 416 g/mol. The van der Waals surface area contributed by atoms with E-state index in [2.05, 4.69) is 29.1 Å². The van der Waals surface area contributed by atoms with Gasteiger partial charge in [-0.05, 0) is 36.6 Å². The molecular weight excluding hydrogens is 396 g/mol. The minimum absolute atomic E-state index is 0.0754. The molecule has 1 N–H and O–H groups in total. The topological polar surface area (TPSA) is 76.9 Å². The highest BCUT2D eigenvalue weighted by Crippen LogP contribution is 2.19. The van der Waals surface area contributed by atoms with Gasteiger partial charge >= 0.3 is 0 Å². The highest BCUT2D eigenvalue weighted by atomic mass is 35.5. The molecule has 146 valence electrons. The standard InChI is InChI=1S/C20H21ClN4O2S/c1-13(2)9-10-25-19(27)15-5-3-4-6-16(15)23-20(25)28-12-18(26)24-17-8-7-14(21)11-22-17/h3-8,11,13H,9-10,12H2,1-2H3,(H,22,24,26). The van der Waals surface area contributed by atoms with Gasteiger partial charge in [0, 0.05) is 12.7 Å². The van der Waals surface area contributed by atoms with Crippen molar-refractivity contribution in [3.8, 4) is 0 Å². The molecule has 28 heavy (non-hydrogen) atoms. The van der Waals surface area contributed by atoms with Gasteiger partial charge in [-0.1, -0.05) is 49.3 Å². The minimum atomic E-state index is -0.224. The first-order valence-corrected chi connectivity index (χ1v) is 10.3. The lowest BCUT2D eigenvalue weighted by molar-refractivity contribution is -0.113. The molecule has 2 aromatic heterocycles. The highest BCUT2D eigenvalue weighted by Gasteiger charge is 2.14. The quantitative estimate of drug-likeness (QED) is 0.461. The van der Waals surface area contributed by atoms with Crippen LogP contribution in [-0.4, -0.2) is 26.2 Å². The normalized spacial score (nSPS) is 11.1. The van der Waals surface area contributed by atoms with Crippen molar-refractivity contribution in [3.63, 3.8) is 0 Å². The Labute approximate surface area is 172 Å². The molecule has 6 nitrogen and oxygen atoms in total. The van der Waals surface area contributed by atoms with E-state index in [1.165, 1.54) is 18.0 Å². The van der Waals surface area contributed by atoms with Crippen molar-refractivity contribution >= 4 is 46.0 Å². The van der Waals surface area contributed by atoms with Gasteiger partial charge in [-0.2, -0.15) is 0 Å². The number of benzene rings is 1. The van der Waals surface area contributed by atoms with Crippen molar-refractivity contribution in [2.75, 3.05) is 11.1 Å². The van der Waals surface area contributed by atoms with Crippen LogP contribution in [0.15, 0.2) is 52.5 Å². The van der Waals surface area contributed by atoms with Gasteiger partial charge in [-0.3, -0.25) is 14.2 Å². The molecule has 0 unspecified atom stereocenters. The maximum Gasteiger partial charge on any atom is 0.262 e. The van der Waals surface area contributed by atoms with Gasteiger partial charge in [0.15, 0.2) is 5.16 Å². The molecule has 8 heteroatoms. The Bertz CT molecular complexity index is 1030. The summed E-state index contributed by atoms with van der Waals surface area (Å²) in [6.45, 7) is 4.79. The number of hydrogen-bond donors (Lipinski definition) is 1. The molecule has 0 spiro atoms. The van der Waals surface area contributed by atoms with Gasteiger partial charge in [0.2, 0.25) is 5.91 Å². The Morgan fingerprint density at radius 1 is 1.25 bits per heavy atom. The highest BCUT2D eigenvalue weighted by molar-refractivity contribution is 7.99. The van der Waals surface area contributed by atoms with E-state index in [4.69, 9.17) is 11.6 Å². The van der Waals surface area contributed by atoms with Crippen LogP contribution in [0.4, 0.5) is 5.82 Å². The Hall–Kier alpha value is -2.38. The van der Waals surface area contributed by atoms with Crippen LogP contribution in [0.3, 0.4) is 0 Å². The fourth-order valence-corrected chi connectivity index (χ4v) is 3.54. The SMILES string of the molecule is CC(C)CCn1c(SCC(=O)Nc2ccc(Cl)cn2)nc2ccccc2c1=O. The number of pyridine rings is 1. The number of nitrogens with zero attached hydrogens (tertiary/aromatic N) is 3. The van der Waals surface area contributed by atoms with Crippen LogP contribution < -0.4 is 10.9 Å². The zero-order valence-electron chi connectivity index (χ0n) is 15.7. The van der Waals surface area contributed by atoms with Gasteiger partial charge in [0.1, 0.15) is 5.82 Å². The van der Waals surface area contributed by atoms with E-state index in [-0.39, 0.29) is 17.2 Å². The van der Waals surface area contributed by atoms with Crippen LogP contribution in [0.5, 0.6) is 0 Å². The largest absolute Gasteiger partial charge is 0.310 e. The summed E-state index contributed by atoms with van der Waals surface area (Å²) in [4.78, 5) is 33.9. The van der Waals surface area contributed by atoms with Gasteiger partial charge in [0.25, 0.3) is 5.56 Å². The Morgan fingerprint density at radius 2 is 2.04 bits per heavy atom. The number of anilines is 1. The third kappa shape index (κ3) is 5.11. The molecule has 1 amide bonds. The van der Waals surface area contributed by atoms with Crippen molar-refractivity contribution < 1.29 is 4.79 Å². The molecule has 0 bridgehead atoms. The van der Waals surface area contributed by atoms with Crippen molar-refractivity contribution in [3.05, 3.63) is 58.0 Å². The first-order valence-electron chi connectivity index (χ1n) is 8.98. The van der Waals surface area contributed by atoms with Gasteiger partial charge < -0.3 is 5.32 Å². The zero-order valence-corrected chi connectivity index (χ0v) is 17.3. The lowest BCUT2D eigenvalue weighted by atomic mass is 10.1. The molecule has 3 aromatic rings. The number of hydrogen-bond acceptors (Lipinski definition) is 5. The van der Waals surface area contributed by atoms with E-state index in [1.807, 2.05) is 18.2 Å². The molecule has 0 saturated carbocycles. The average Bonchev–Trinajstić information content (AvgIpc) is 2.67. The molecule has 1 aromatic carbocycles. The predicted molar refractivity (Wildman–Crippen MR) is 114 cm³/mol. The summed E-state index contributed by atoms with van der Waals surface area (Å²) in [6, 6.07) is 10.6. The number of carbonyl (C=O) groups excluding carboxylic acids is 1. The summed E-state index contributed by atoms with van der Waals surface area (Å²) < 4.78 is 1.67. The first kappa shape index (κ1) is 20.4. The number of nitrogens with one attached hydrogen (secondary N) is 1. The first-order chi connectivity index (χ1) is 13.4. The van der Waals surface area contributed by atoms with Crippen LogP contribution in [0.1, 0.15) is 20.3 Å². The van der Waals surface area contributed by atoms with Crippen molar-refractivity contribution in [1.29, 1.82) is 0 Å². The minimum Gasteiger partial charge on any atom is -0.310 e. The molecule has 0 fully saturated rings. The van der Waals surface area contributed by atoms with Crippen LogP contribution in [0.25, 0.3) is 10.9 Å². The Kier molecular flexibility index (Phi) is 6.70. The van der Waals surface area contributed by atoms with Crippen molar-refractivity contribution in [1.82, 2.24) is 14.5 Å². The van der Waals surface area contributed by atoms with Crippen molar-refractivity contribution in [2.24, 2.45) is 5.92 Å². The summed E-state index contributed by atoms with van der Waals surface area (Å²) in [7, 11) is 0. The molecule has 3 rings (SSSR count). The number of halogens is 1. The second-order valence-corrected chi connectivity index (χ2v) is 8.13. The predicted octanol–water partition coefficient (Wildman–Crippen LogP) is 4.22. The van der Waals surface area contributed by atoms with Crippen LogP contribution >= 0.6 is 23.4 Å². The summed E-state index contributed by atoms with van der Waals surface area (Å²) in [5.74, 6) is 0.781. The number of para-hydroxylation sites is 1. The van der Waals surface area contributed by atoms with E-state index in [0.717, 1.165) is 6.42 Å². The Morgan fingerprint density at radius 3 is 2.75 bits per heavy atom. The fraction of sp³-hybridized carbons (Fsp3) is 0.300. The lowest BCUT2D eigenvalue weighted by Crippen LogP contribution is -2.25. The van der Waals surface area contributed by atoms with E-state index in [1.54, 1.807) is 22.8 Å².